The lowest BCUT2D eigenvalue weighted by Gasteiger charge is -2.33. The number of hydrogen-bond donors (Lipinski definition) is 0. The van der Waals surface area contributed by atoms with Crippen molar-refractivity contribution in [2.75, 3.05) is 24.5 Å². The minimum Gasteiger partial charge on any atom is -0.456 e. The van der Waals surface area contributed by atoms with Gasteiger partial charge in [-0.05, 0) is 129 Å². The van der Waals surface area contributed by atoms with Gasteiger partial charge in [0.05, 0.1) is 0 Å². The zero-order valence-corrected chi connectivity index (χ0v) is 42.4. The van der Waals surface area contributed by atoms with Crippen LogP contribution in [0.3, 0.4) is 0 Å². The second-order valence-corrected chi connectivity index (χ2v) is 27.5. The Bertz CT molecular complexity index is 4880. The monoisotopic (exact) mass is 978 g/mol. The van der Waals surface area contributed by atoms with Crippen LogP contribution in [-0.2, 0) is 0 Å². The molecule has 0 radical (unpaired) electrons. The van der Waals surface area contributed by atoms with E-state index in [2.05, 4.69) is 197 Å². The van der Waals surface area contributed by atoms with Gasteiger partial charge in [-0.25, -0.2) is 0 Å². The SMILES string of the molecule is C=Cc1oc2cc(-c3cc4c(c5oc6ccccc6c35)-c3cc5c(cc3S4(C)C)-c3c(cc(-c4cc6oc7ccccc7c6c6ccccc46)c4c3oc3ccccc34)S5(C)CC)c3ccccc3c2c1C=C. The van der Waals surface area contributed by atoms with Crippen LogP contribution >= 0.6 is 20.1 Å². The van der Waals surface area contributed by atoms with Crippen LogP contribution in [0.5, 0.6) is 0 Å². The Morgan fingerprint density at radius 2 is 0.822 bits per heavy atom. The van der Waals surface area contributed by atoms with Gasteiger partial charge in [0.15, 0.2) is 0 Å². The number of rotatable bonds is 5. The molecule has 1 unspecified atom stereocenters. The average Bonchev–Trinajstić information content (AvgIpc) is 4.28. The van der Waals surface area contributed by atoms with Gasteiger partial charge in [0.1, 0.15) is 44.8 Å². The summed E-state index contributed by atoms with van der Waals surface area (Å²) in [6.07, 6.45) is 11.2. The van der Waals surface area contributed by atoms with E-state index >= 15 is 0 Å². The first-order valence-corrected chi connectivity index (χ1v) is 29.6. The molecule has 1 atom stereocenters. The van der Waals surface area contributed by atoms with E-state index in [1.807, 2.05) is 6.08 Å². The molecule has 10 aromatic carbocycles. The molecular formula is C67H46O4S2. The van der Waals surface area contributed by atoms with Crippen molar-refractivity contribution in [2.24, 2.45) is 0 Å². The average molecular weight is 979 g/mol. The largest absolute Gasteiger partial charge is 0.456 e. The van der Waals surface area contributed by atoms with Gasteiger partial charge in [0.2, 0.25) is 0 Å². The standard InChI is InChI=1S/C67H46O4S2/c1-7-36-50(8-2)68-54-30-44(37-20-10-12-22-39(37)60(36)54)46-32-58-64(66-62(46)42-25-15-18-28-52(42)70-66)48-35-57-49(34-56(48)72(58,4)5)65-59(73(57,6)9-3)33-47(63-43-26-16-19-29-53(43)71-67(63)65)45-31-55-61(40-23-13-11-21-38(40)45)41-24-14-17-27-51(41)69-55/h7-8,10-35H,1-2,9H2,3-6H3. The number of benzene rings is 10. The fraction of sp³-hybridized carbons (Fsp3) is 0.0746. The van der Waals surface area contributed by atoms with Crippen molar-refractivity contribution in [3.05, 3.63) is 182 Å². The highest BCUT2D eigenvalue weighted by molar-refractivity contribution is 8.34. The highest BCUT2D eigenvalue weighted by Gasteiger charge is 2.43. The lowest BCUT2D eigenvalue weighted by molar-refractivity contribution is 0.604. The van der Waals surface area contributed by atoms with Crippen LogP contribution < -0.4 is 0 Å². The molecule has 0 fully saturated rings. The third-order valence-corrected chi connectivity index (χ3v) is 23.2. The molecule has 6 heteroatoms. The summed E-state index contributed by atoms with van der Waals surface area (Å²) in [5.74, 6) is 1.71. The summed E-state index contributed by atoms with van der Waals surface area (Å²) in [6, 6.07) is 57.8. The Labute approximate surface area is 423 Å². The molecule has 2 aliphatic rings. The molecule has 350 valence electrons. The maximum Gasteiger partial charge on any atom is 0.144 e. The maximum absolute atomic E-state index is 7.24. The van der Waals surface area contributed by atoms with Gasteiger partial charge in [-0.2, -0.15) is 20.1 Å². The van der Waals surface area contributed by atoms with Crippen LogP contribution in [0.25, 0.3) is 155 Å². The van der Waals surface area contributed by atoms with Crippen molar-refractivity contribution in [1.82, 2.24) is 0 Å². The van der Waals surface area contributed by atoms with E-state index in [9.17, 15) is 0 Å². The fourth-order valence-electron chi connectivity index (χ4n) is 13.1. The van der Waals surface area contributed by atoms with Crippen molar-refractivity contribution in [1.29, 1.82) is 0 Å². The van der Waals surface area contributed by atoms with Gasteiger partial charge in [-0.15, -0.1) is 0 Å². The Balaban J connectivity index is 0.977. The van der Waals surface area contributed by atoms with E-state index < -0.39 is 20.1 Å². The third kappa shape index (κ3) is 5.14. The number of hydrogen-bond acceptors (Lipinski definition) is 4. The molecule has 0 amide bonds. The van der Waals surface area contributed by atoms with Gasteiger partial charge < -0.3 is 17.7 Å². The summed E-state index contributed by atoms with van der Waals surface area (Å²) in [7, 11) is -3.23. The van der Waals surface area contributed by atoms with E-state index in [0.717, 1.165) is 121 Å². The van der Waals surface area contributed by atoms with Crippen LogP contribution in [0.2, 0.25) is 0 Å². The van der Waals surface area contributed by atoms with Crippen molar-refractivity contribution in [3.8, 4) is 44.5 Å². The second-order valence-electron chi connectivity index (χ2n) is 20.3. The molecule has 16 rings (SSSR count). The normalized spacial score (nSPS) is 17.0. The molecule has 0 spiro atoms. The van der Waals surface area contributed by atoms with Crippen molar-refractivity contribution < 1.29 is 17.7 Å². The van der Waals surface area contributed by atoms with Gasteiger partial charge in [-0.1, -0.05) is 129 Å². The molecule has 0 saturated carbocycles. The fourth-order valence-corrected chi connectivity index (χ4v) is 18.5. The van der Waals surface area contributed by atoms with E-state index in [-0.39, 0.29) is 0 Å². The summed E-state index contributed by atoms with van der Waals surface area (Å²) in [6.45, 7) is 10.7. The molecule has 2 aliphatic heterocycles. The molecule has 4 aromatic heterocycles. The topological polar surface area (TPSA) is 52.6 Å². The summed E-state index contributed by atoms with van der Waals surface area (Å²) in [5, 5.41) is 12.5. The minimum absolute atomic E-state index is 0.728. The van der Waals surface area contributed by atoms with Crippen molar-refractivity contribution >= 4 is 131 Å². The zero-order valence-electron chi connectivity index (χ0n) is 40.7. The molecule has 0 aliphatic carbocycles. The number of furan rings is 4. The minimum atomic E-state index is -1.63. The molecule has 73 heavy (non-hydrogen) atoms. The molecule has 6 heterocycles. The Hall–Kier alpha value is -8.16. The summed E-state index contributed by atoms with van der Waals surface area (Å²) in [5.41, 5.74) is 16.9. The zero-order chi connectivity index (χ0) is 48.8. The van der Waals surface area contributed by atoms with E-state index in [0.29, 0.717) is 0 Å². The van der Waals surface area contributed by atoms with Crippen LogP contribution in [0.1, 0.15) is 18.2 Å². The molecular weight excluding hydrogens is 933 g/mol. The predicted octanol–water partition coefficient (Wildman–Crippen LogP) is 20.4. The van der Waals surface area contributed by atoms with Gasteiger partial charge in [0.25, 0.3) is 0 Å². The highest BCUT2D eigenvalue weighted by atomic mass is 32.3. The summed E-state index contributed by atoms with van der Waals surface area (Å²) < 4.78 is 27.7. The van der Waals surface area contributed by atoms with E-state index in [1.165, 1.54) is 58.2 Å². The molecule has 14 aromatic rings. The quantitative estimate of drug-likeness (QED) is 0.172. The molecule has 0 saturated heterocycles. The predicted molar refractivity (Wildman–Crippen MR) is 312 cm³/mol. The Morgan fingerprint density at radius 3 is 1.38 bits per heavy atom. The maximum atomic E-state index is 7.24. The van der Waals surface area contributed by atoms with Gasteiger partial charge in [0, 0.05) is 85.1 Å². The smallest absolute Gasteiger partial charge is 0.144 e. The molecule has 4 nitrogen and oxygen atoms in total. The second kappa shape index (κ2) is 14.3. The van der Waals surface area contributed by atoms with Crippen LogP contribution in [0, 0.1) is 0 Å². The van der Waals surface area contributed by atoms with Crippen LogP contribution in [0.15, 0.2) is 208 Å². The molecule has 0 bridgehead atoms. The van der Waals surface area contributed by atoms with Crippen LogP contribution in [-0.4, -0.2) is 24.5 Å². The van der Waals surface area contributed by atoms with Crippen molar-refractivity contribution in [2.45, 2.75) is 26.5 Å². The third-order valence-electron chi connectivity index (χ3n) is 16.6. The van der Waals surface area contributed by atoms with Crippen molar-refractivity contribution in [3.63, 3.8) is 0 Å². The van der Waals surface area contributed by atoms with E-state index in [4.69, 9.17) is 17.7 Å². The first kappa shape index (κ1) is 41.5. The summed E-state index contributed by atoms with van der Waals surface area (Å²) >= 11 is 0. The lowest BCUT2D eigenvalue weighted by atomic mass is 9.89. The number of fused-ring (bicyclic) bond motifs is 22. The molecule has 0 N–H and O–H groups in total. The Kier molecular flexibility index (Phi) is 8.11. The lowest BCUT2D eigenvalue weighted by Crippen LogP contribution is -2.00. The number of para-hydroxylation sites is 3. The Morgan fingerprint density at radius 1 is 0.384 bits per heavy atom. The van der Waals surface area contributed by atoms with Crippen LogP contribution in [0.4, 0.5) is 0 Å². The van der Waals surface area contributed by atoms with E-state index in [1.54, 1.807) is 6.08 Å². The summed E-state index contributed by atoms with van der Waals surface area (Å²) in [4.78, 5) is 5.49. The van der Waals surface area contributed by atoms with Gasteiger partial charge in [-0.3, -0.25) is 0 Å². The first-order valence-electron chi connectivity index (χ1n) is 24.9. The van der Waals surface area contributed by atoms with Gasteiger partial charge >= 0.3 is 0 Å². The first-order chi connectivity index (χ1) is 35.7. The highest BCUT2D eigenvalue weighted by Crippen LogP contribution is 2.76.